The van der Waals surface area contributed by atoms with Crippen LogP contribution in [0, 0.1) is 17.6 Å². The summed E-state index contributed by atoms with van der Waals surface area (Å²) < 4.78 is 52.1. The van der Waals surface area contributed by atoms with Gasteiger partial charge in [-0.15, -0.1) is 0 Å². The van der Waals surface area contributed by atoms with Crippen LogP contribution in [-0.4, -0.2) is 74.6 Å². The normalized spacial score (nSPS) is 19.3. The number of aromatic nitrogens is 6. The molecule has 2 aromatic heterocycles. The first kappa shape index (κ1) is 39.0. The van der Waals surface area contributed by atoms with Gasteiger partial charge in [0.2, 0.25) is 0 Å². The van der Waals surface area contributed by atoms with Gasteiger partial charge in [-0.3, -0.25) is 0 Å². The Morgan fingerprint density at radius 3 is 2.21 bits per heavy atom. The molecule has 4 heterocycles. The van der Waals surface area contributed by atoms with E-state index in [-0.39, 0.29) is 30.3 Å². The molecule has 6 aromatic rings. The molecule has 0 aliphatic carbocycles. The molecule has 14 heteroatoms. The summed E-state index contributed by atoms with van der Waals surface area (Å²) in [5.41, 5.74) is 3.16. The third-order valence-electron chi connectivity index (χ3n) is 11.3. The summed E-state index contributed by atoms with van der Waals surface area (Å²) in [7, 11) is 0. The minimum atomic E-state index is -1.02. The Morgan fingerprint density at radius 2 is 1.55 bits per heavy atom. The van der Waals surface area contributed by atoms with Crippen molar-refractivity contribution in [1.82, 2.24) is 29.1 Å². The van der Waals surface area contributed by atoms with Crippen LogP contribution in [0.15, 0.2) is 121 Å². The van der Waals surface area contributed by atoms with Crippen molar-refractivity contribution in [2.75, 3.05) is 49.2 Å². The number of hydrogen-bond donors (Lipinski definition) is 0. The van der Waals surface area contributed by atoms with Gasteiger partial charge in [0.1, 0.15) is 42.0 Å². The predicted molar refractivity (Wildman–Crippen MR) is 216 cm³/mol. The van der Waals surface area contributed by atoms with Gasteiger partial charge in [0.15, 0.2) is 0 Å². The molecule has 2 aliphatic rings. The molecule has 58 heavy (non-hydrogen) atoms. The van der Waals surface area contributed by atoms with Gasteiger partial charge in [-0.1, -0.05) is 43.3 Å². The predicted octanol–water partition coefficient (Wildman–Crippen LogP) is 6.80. The monoisotopic (exact) mass is 790 g/mol. The van der Waals surface area contributed by atoms with E-state index in [0.29, 0.717) is 38.2 Å². The topological polar surface area (TPSA) is 105 Å². The fraction of sp³-hybridized carbons (Fsp3) is 0.364. The molecular weight excluding hydrogens is 743 g/mol. The van der Waals surface area contributed by atoms with E-state index in [1.165, 1.54) is 18.5 Å². The zero-order chi connectivity index (χ0) is 40.1. The maximum Gasteiger partial charge on any atom is 0.350 e. The highest BCUT2D eigenvalue weighted by molar-refractivity contribution is 5.54. The molecule has 2 fully saturated rings. The smallest absolute Gasteiger partial charge is 0.350 e. The quantitative estimate of drug-likeness (QED) is 0.111. The van der Waals surface area contributed by atoms with Crippen molar-refractivity contribution in [3.63, 3.8) is 0 Å². The lowest BCUT2D eigenvalue weighted by Gasteiger charge is -2.37. The number of nitrogens with zero attached hydrogens (tertiary/aromatic N) is 8. The summed E-state index contributed by atoms with van der Waals surface area (Å²) in [5, 5.41) is 8.68. The third-order valence-corrected chi connectivity index (χ3v) is 11.3. The van der Waals surface area contributed by atoms with Gasteiger partial charge in [-0.25, -0.2) is 32.5 Å². The molecule has 4 aromatic carbocycles. The first-order valence-corrected chi connectivity index (χ1v) is 19.9. The highest BCUT2D eigenvalue weighted by atomic mass is 19.1. The van der Waals surface area contributed by atoms with Gasteiger partial charge in [0.05, 0.1) is 44.2 Å². The zero-order valence-electron chi connectivity index (χ0n) is 32.7. The first-order chi connectivity index (χ1) is 28.3. The zero-order valence-corrected chi connectivity index (χ0v) is 32.7. The molecule has 2 saturated heterocycles. The van der Waals surface area contributed by atoms with Crippen LogP contribution in [0.3, 0.4) is 0 Å². The van der Waals surface area contributed by atoms with E-state index in [2.05, 4.69) is 49.2 Å². The van der Waals surface area contributed by atoms with Crippen LogP contribution in [0.25, 0.3) is 5.69 Å². The standard InChI is InChI=1S/C44H48F2N8O4/c1-3-42(32(2)56-25-33-7-5-4-6-8-33)54-43(55)53(31-49-54)38-12-10-36(11-13-38)50-19-21-51(22-20-50)37-14-16-39(17-15-37)57-26-34-24-44(58-27-34,28-52-30-47-29-48-52)40-18-9-35(45)23-41(40)46/h4-18,23,29-32,34,42H,3,19-22,24-28H2,1-2H3/t32-,34+,42-,44+/m0/s1. The molecule has 0 N–H and O–H groups in total. The molecule has 0 spiro atoms. The van der Waals surface area contributed by atoms with Crippen LogP contribution in [0.1, 0.15) is 43.9 Å². The summed E-state index contributed by atoms with van der Waals surface area (Å²) in [5.74, 6) is -0.555. The molecule has 8 rings (SSSR count). The van der Waals surface area contributed by atoms with Crippen molar-refractivity contribution < 1.29 is 23.0 Å². The van der Waals surface area contributed by atoms with Crippen molar-refractivity contribution in [3.8, 4) is 11.4 Å². The second kappa shape index (κ2) is 17.3. The number of halogens is 2. The number of benzene rings is 4. The lowest BCUT2D eigenvalue weighted by Crippen LogP contribution is -2.46. The number of rotatable bonds is 15. The summed E-state index contributed by atoms with van der Waals surface area (Å²) in [4.78, 5) is 22.2. The van der Waals surface area contributed by atoms with Gasteiger partial charge in [-0.2, -0.15) is 10.2 Å². The highest BCUT2D eigenvalue weighted by Gasteiger charge is 2.44. The summed E-state index contributed by atoms with van der Waals surface area (Å²) in [6, 6.07) is 29.6. The number of hydrogen-bond acceptors (Lipinski definition) is 9. The molecule has 0 unspecified atom stereocenters. The Bertz CT molecular complexity index is 2300. The van der Waals surface area contributed by atoms with Crippen LogP contribution in [0.4, 0.5) is 20.2 Å². The van der Waals surface area contributed by atoms with Crippen LogP contribution in [0.2, 0.25) is 0 Å². The SMILES string of the molecule is CC[C@@H]([C@H](C)OCc1ccccc1)n1ncn(-c2ccc(N3CCN(c4ccc(OC[C@@H]5CO[C@](Cn6cncn6)(c6ccc(F)cc6F)C5)cc4)CC3)cc2)c1=O. The third kappa shape index (κ3) is 8.53. The molecule has 12 nitrogen and oxygen atoms in total. The van der Waals surface area contributed by atoms with Gasteiger partial charge in [0.25, 0.3) is 0 Å². The van der Waals surface area contributed by atoms with E-state index in [1.54, 1.807) is 26.6 Å². The largest absolute Gasteiger partial charge is 0.493 e. The van der Waals surface area contributed by atoms with Crippen LogP contribution in [0.5, 0.6) is 5.75 Å². The Balaban J connectivity index is 0.828. The minimum absolute atomic E-state index is 0.0128. The Kier molecular flexibility index (Phi) is 11.6. The van der Waals surface area contributed by atoms with Crippen LogP contribution in [-0.2, 0) is 28.2 Å². The molecule has 0 bridgehead atoms. The van der Waals surface area contributed by atoms with Crippen molar-refractivity contribution in [2.45, 2.75) is 57.6 Å². The molecule has 302 valence electrons. The molecular formula is C44H48F2N8O4. The number of piperazine rings is 1. The molecule has 2 aliphatic heterocycles. The fourth-order valence-corrected chi connectivity index (χ4v) is 8.14. The van der Waals surface area contributed by atoms with E-state index in [1.807, 2.05) is 68.4 Å². The van der Waals surface area contributed by atoms with Crippen molar-refractivity contribution in [1.29, 1.82) is 0 Å². The molecule has 0 radical (unpaired) electrons. The average molecular weight is 791 g/mol. The Morgan fingerprint density at radius 1 is 0.862 bits per heavy atom. The van der Waals surface area contributed by atoms with E-state index in [9.17, 15) is 9.18 Å². The Labute approximate surface area is 336 Å². The van der Waals surface area contributed by atoms with E-state index >= 15 is 4.39 Å². The summed E-state index contributed by atoms with van der Waals surface area (Å²) in [6.07, 6.45) is 5.57. The lowest BCUT2D eigenvalue weighted by molar-refractivity contribution is -0.0206. The van der Waals surface area contributed by atoms with Crippen molar-refractivity contribution in [3.05, 3.63) is 149 Å². The minimum Gasteiger partial charge on any atom is -0.493 e. The van der Waals surface area contributed by atoms with Gasteiger partial charge >= 0.3 is 5.69 Å². The van der Waals surface area contributed by atoms with Gasteiger partial charge in [-0.05, 0) is 79.9 Å². The maximum absolute atomic E-state index is 15.0. The van der Waals surface area contributed by atoms with Gasteiger partial charge < -0.3 is 24.0 Å². The van der Waals surface area contributed by atoms with Gasteiger partial charge in [0, 0.05) is 55.1 Å². The van der Waals surface area contributed by atoms with Crippen LogP contribution < -0.4 is 20.2 Å². The van der Waals surface area contributed by atoms with E-state index in [4.69, 9.17) is 14.2 Å². The van der Waals surface area contributed by atoms with Crippen molar-refractivity contribution >= 4 is 11.4 Å². The highest BCUT2D eigenvalue weighted by Crippen LogP contribution is 2.42. The fourth-order valence-electron chi connectivity index (χ4n) is 8.14. The molecule has 0 amide bonds. The molecule has 4 atom stereocenters. The maximum atomic E-state index is 15.0. The first-order valence-electron chi connectivity index (χ1n) is 19.9. The average Bonchev–Trinajstić information content (AvgIpc) is 4.02. The van der Waals surface area contributed by atoms with Crippen LogP contribution >= 0.6 is 0 Å². The molecule has 0 saturated carbocycles. The second-order valence-electron chi connectivity index (χ2n) is 15.1. The summed E-state index contributed by atoms with van der Waals surface area (Å²) >= 11 is 0. The lowest BCUT2D eigenvalue weighted by atomic mass is 9.87. The number of anilines is 2. The Hall–Kier alpha value is -5.86. The van der Waals surface area contributed by atoms with E-state index < -0.39 is 17.2 Å². The summed E-state index contributed by atoms with van der Waals surface area (Å²) in [6.45, 7) is 8.91. The second-order valence-corrected chi connectivity index (χ2v) is 15.1. The number of ether oxygens (including phenoxy) is 3. The van der Waals surface area contributed by atoms with Crippen molar-refractivity contribution in [2.24, 2.45) is 5.92 Å². The van der Waals surface area contributed by atoms with E-state index in [0.717, 1.165) is 60.6 Å².